The maximum absolute atomic E-state index is 13.6. The molecule has 0 aliphatic rings. The highest BCUT2D eigenvalue weighted by Gasteiger charge is 2.13. The van der Waals surface area contributed by atoms with Crippen LogP contribution in [0, 0.1) is 5.82 Å². The summed E-state index contributed by atoms with van der Waals surface area (Å²) in [6.45, 7) is 2.01. The average molecular weight is 292 g/mol. The van der Waals surface area contributed by atoms with Crippen LogP contribution in [-0.4, -0.2) is 19.1 Å². The maximum Gasteiger partial charge on any atom is 0.242 e. The number of carbonyl (C=O) groups excluding carboxylic acids is 1. The molecule has 1 aromatic heterocycles. The van der Waals surface area contributed by atoms with Crippen molar-refractivity contribution in [3.8, 4) is 5.75 Å². The topological polar surface area (TPSA) is 63.5 Å². The maximum atomic E-state index is 13.6. The molecule has 1 atom stereocenters. The van der Waals surface area contributed by atoms with Gasteiger partial charge in [0.1, 0.15) is 11.8 Å². The van der Waals surface area contributed by atoms with Crippen molar-refractivity contribution in [1.82, 2.24) is 5.32 Å². The van der Waals surface area contributed by atoms with Crippen LogP contribution in [0.3, 0.4) is 0 Å². The Hall–Kier alpha value is -2.50. The third-order valence-electron chi connectivity index (χ3n) is 2.95. The van der Waals surface area contributed by atoms with E-state index in [1.165, 1.54) is 19.2 Å². The van der Waals surface area contributed by atoms with Crippen molar-refractivity contribution in [1.29, 1.82) is 0 Å². The molecule has 2 N–H and O–H groups in total. The van der Waals surface area contributed by atoms with Gasteiger partial charge >= 0.3 is 0 Å². The molecule has 112 valence electrons. The molecule has 0 radical (unpaired) electrons. The minimum absolute atomic E-state index is 0.162. The van der Waals surface area contributed by atoms with E-state index in [4.69, 9.17) is 9.15 Å². The first-order valence-electron chi connectivity index (χ1n) is 6.50. The molecule has 0 saturated carbocycles. The van der Waals surface area contributed by atoms with Crippen LogP contribution in [0.2, 0.25) is 0 Å². The van der Waals surface area contributed by atoms with Crippen molar-refractivity contribution in [2.45, 2.75) is 19.5 Å². The molecule has 0 aliphatic carbocycles. The third-order valence-corrected chi connectivity index (χ3v) is 2.95. The molecule has 1 unspecified atom stereocenters. The number of halogens is 1. The average Bonchev–Trinajstić information content (AvgIpc) is 2.98. The largest absolute Gasteiger partial charge is 0.494 e. The molecule has 2 aromatic rings. The summed E-state index contributed by atoms with van der Waals surface area (Å²) in [5.74, 6) is 0.148. The van der Waals surface area contributed by atoms with E-state index in [0.29, 0.717) is 18.0 Å². The number of methoxy groups -OCH3 is 1. The molecule has 1 heterocycles. The fourth-order valence-corrected chi connectivity index (χ4v) is 1.81. The van der Waals surface area contributed by atoms with Gasteiger partial charge in [-0.25, -0.2) is 4.39 Å². The van der Waals surface area contributed by atoms with E-state index < -0.39 is 11.9 Å². The van der Waals surface area contributed by atoms with Crippen LogP contribution in [0.25, 0.3) is 0 Å². The van der Waals surface area contributed by atoms with E-state index in [2.05, 4.69) is 10.6 Å². The monoisotopic (exact) mass is 292 g/mol. The highest BCUT2D eigenvalue weighted by atomic mass is 19.1. The van der Waals surface area contributed by atoms with Gasteiger partial charge in [0.2, 0.25) is 5.91 Å². The summed E-state index contributed by atoms with van der Waals surface area (Å²) in [5.41, 5.74) is 0.508. The zero-order chi connectivity index (χ0) is 15.2. The minimum Gasteiger partial charge on any atom is -0.494 e. The SMILES string of the molecule is COc1ccc(NC(C)C(=O)NCc2ccco2)cc1F. The molecule has 0 aliphatic heterocycles. The van der Waals surface area contributed by atoms with E-state index in [1.807, 2.05) is 0 Å². The summed E-state index contributed by atoms with van der Waals surface area (Å²) >= 11 is 0. The predicted molar refractivity (Wildman–Crippen MR) is 76.6 cm³/mol. The highest BCUT2D eigenvalue weighted by Crippen LogP contribution is 2.21. The number of hydrogen-bond donors (Lipinski definition) is 2. The summed E-state index contributed by atoms with van der Waals surface area (Å²) in [4.78, 5) is 11.9. The number of hydrogen-bond acceptors (Lipinski definition) is 4. The van der Waals surface area contributed by atoms with Crippen molar-refractivity contribution < 1.29 is 18.3 Å². The van der Waals surface area contributed by atoms with Gasteiger partial charge in [0.15, 0.2) is 11.6 Å². The van der Waals surface area contributed by atoms with Gasteiger partial charge in [0.25, 0.3) is 0 Å². The van der Waals surface area contributed by atoms with Crippen molar-refractivity contribution >= 4 is 11.6 Å². The first-order chi connectivity index (χ1) is 10.1. The van der Waals surface area contributed by atoms with Gasteiger partial charge < -0.3 is 19.8 Å². The molecule has 2 rings (SSSR count). The lowest BCUT2D eigenvalue weighted by Crippen LogP contribution is -2.37. The van der Waals surface area contributed by atoms with Gasteiger partial charge in [-0.15, -0.1) is 0 Å². The molecule has 0 fully saturated rings. The second-order valence-electron chi connectivity index (χ2n) is 4.51. The summed E-state index contributed by atoms with van der Waals surface area (Å²) < 4.78 is 23.5. The second-order valence-corrected chi connectivity index (χ2v) is 4.51. The zero-order valence-electron chi connectivity index (χ0n) is 11.9. The Morgan fingerprint density at radius 1 is 1.43 bits per heavy atom. The summed E-state index contributed by atoms with van der Waals surface area (Å²) in [5, 5.41) is 5.65. The lowest BCUT2D eigenvalue weighted by Gasteiger charge is -2.15. The molecule has 1 amide bonds. The van der Waals surface area contributed by atoms with E-state index in [1.54, 1.807) is 31.4 Å². The number of furan rings is 1. The zero-order valence-corrected chi connectivity index (χ0v) is 11.9. The van der Waals surface area contributed by atoms with Gasteiger partial charge in [-0.05, 0) is 31.2 Å². The van der Waals surface area contributed by atoms with Crippen LogP contribution in [0.4, 0.5) is 10.1 Å². The highest BCUT2D eigenvalue weighted by molar-refractivity contribution is 5.84. The molecular weight excluding hydrogens is 275 g/mol. The van der Waals surface area contributed by atoms with Gasteiger partial charge in [0, 0.05) is 11.8 Å². The van der Waals surface area contributed by atoms with E-state index in [9.17, 15) is 9.18 Å². The Kier molecular flexibility index (Phi) is 4.81. The van der Waals surface area contributed by atoms with Crippen LogP contribution in [0.15, 0.2) is 41.0 Å². The number of benzene rings is 1. The van der Waals surface area contributed by atoms with Gasteiger partial charge in [-0.1, -0.05) is 0 Å². The Morgan fingerprint density at radius 2 is 2.24 bits per heavy atom. The summed E-state index contributed by atoms with van der Waals surface area (Å²) in [6, 6.07) is 7.46. The van der Waals surface area contributed by atoms with E-state index in [-0.39, 0.29) is 11.7 Å². The fourth-order valence-electron chi connectivity index (χ4n) is 1.81. The fraction of sp³-hybridized carbons (Fsp3) is 0.267. The lowest BCUT2D eigenvalue weighted by molar-refractivity contribution is -0.121. The smallest absolute Gasteiger partial charge is 0.242 e. The molecule has 6 heteroatoms. The summed E-state index contributed by atoms with van der Waals surface area (Å²) in [6.07, 6.45) is 1.54. The summed E-state index contributed by atoms with van der Waals surface area (Å²) in [7, 11) is 1.40. The predicted octanol–water partition coefficient (Wildman–Crippen LogP) is 2.54. The molecule has 1 aromatic carbocycles. The van der Waals surface area contributed by atoms with E-state index in [0.717, 1.165) is 0 Å². The molecule has 0 spiro atoms. The standard InChI is InChI=1S/C15H17FN2O3/c1-10(15(19)17-9-12-4-3-7-21-12)18-11-5-6-14(20-2)13(16)8-11/h3-8,10,18H,9H2,1-2H3,(H,17,19). The Morgan fingerprint density at radius 3 is 2.86 bits per heavy atom. The van der Waals surface area contributed by atoms with Crippen LogP contribution in [-0.2, 0) is 11.3 Å². The number of carbonyl (C=O) groups is 1. The van der Waals surface area contributed by atoms with Gasteiger partial charge in [-0.3, -0.25) is 4.79 Å². The quantitative estimate of drug-likeness (QED) is 0.859. The number of ether oxygens (including phenoxy) is 1. The van der Waals surface area contributed by atoms with Crippen LogP contribution in [0.1, 0.15) is 12.7 Å². The van der Waals surface area contributed by atoms with Crippen LogP contribution < -0.4 is 15.4 Å². The third kappa shape index (κ3) is 3.98. The number of nitrogens with one attached hydrogen (secondary N) is 2. The molecule has 21 heavy (non-hydrogen) atoms. The normalized spacial score (nSPS) is 11.8. The number of anilines is 1. The number of rotatable bonds is 6. The first kappa shape index (κ1) is 14.9. The lowest BCUT2D eigenvalue weighted by atomic mass is 10.2. The molecular formula is C15H17FN2O3. The van der Waals surface area contributed by atoms with E-state index >= 15 is 0 Å². The van der Waals surface area contributed by atoms with Crippen molar-refractivity contribution in [3.63, 3.8) is 0 Å². The Balaban J connectivity index is 1.89. The number of amides is 1. The van der Waals surface area contributed by atoms with Crippen LogP contribution in [0.5, 0.6) is 5.75 Å². The van der Waals surface area contributed by atoms with Gasteiger partial charge in [0.05, 0.1) is 19.9 Å². The van der Waals surface area contributed by atoms with Crippen LogP contribution >= 0.6 is 0 Å². The molecule has 0 saturated heterocycles. The molecule has 0 bridgehead atoms. The first-order valence-corrected chi connectivity index (χ1v) is 6.50. The molecule has 5 nitrogen and oxygen atoms in total. The minimum atomic E-state index is -0.507. The Bertz CT molecular complexity index is 599. The van der Waals surface area contributed by atoms with Crippen molar-refractivity contribution in [2.75, 3.05) is 12.4 Å². The van der Waals surface area contributed by atoms with Gasteiger partial charge in [-0.2, -0.15) is 0 Å². The van der Waals surface area contributed by atoms with Crippen molar-refractivity contribution in [3.05, 3.63) is 48.2 Å². The second kappa shape index (κ2) is 6.78. The Labute approximate surface area is 122 Å². The van der Waals surface area contributed by atoms with Crippen molar-refractivity contribution in [2.24, 2.45) is 0 Å².